The molecule has 0 fully saturated rings. The van der Waals surface area contributed by atoms with E-state index in [2.05, 4.69) is 36.1 Å². The van der Waals surface area contributed by atoms with Crippen molar-refractivity contribution in [2.24, 2.45) is 0 Å². The lowest BCUT2D eigenvalue weighted by molar-refractivity contribution is 0.164. The Morgan fingerprint density at radius 1 is 1.27 bits per heavy atom. The second-order valence-electron chi connectivity index (χ2n) is 4.32. The van der Waals surface area contributed by atoms with Crippen LogP contribution in [0.25, 0.3) is 5.57 Å². The first kappa shape index (κ1) is 10.4. The molecule has 1 aliphatic heterocycles. The van der Waals surface area contributed by atoms with Crippen LogP contribution in [-0.2, 0) is 0 Å². The molecule has 2 heteroatoms. The van der Waals surface area contributed by atoms with Crippen LogP contribution in [-0.4, -0.2) is 36.2 Å². The molecule has 1 atom stereocenters. The van der Waals surface area contributed by atoms with E-state index in [4.69, 9.17) is 0 Å². The second kappa shape index (κ2) is 4.17. The normalized spacial score (nSPS) is 22.6. The number of hydrogen-bond donors (Lipinski definition) is 1. The van der Waals surface area contributed by atoms with E-state index in [1.54, 1.807) is 0 Å². The Labute approximate surface area is 90.8 Å². The largest absolute Gasteiger partial charge is 0.388 e. The first-order valence-electron chi connectivity index (χ1n) is 5.29. The molecule has 1 aliphatic rings. The van der Waals surface area contributed by atoms with E-state index >= 15 is 0 Å². The summed E-state index contributed by atoms with van der Waals surface area (Å²) in [6, 6.07) is 8.45. The maximum absolute atomic E-state index is 9.65. The molecular formula is C13H17NO. The van der Waals surface area contributed by atoms with E-state index in [0.717, 1.165) is 13.1 Å². The van der Waals surface area contributed by atoms with Gasteiger partial charge in [-0.3, -0.25) is 4.90 Å². The lowest BCUT2D eigenvalue weighted by Crippen LogP contribution is -2.33. The number of benzene rings is 1. The molecule has 1 aromatic rings. The highest BCUT2D eigenvalue weighted by molar-refractivity contribution is 5.68. The molecule has 1 N–H and O–H groups in total. The Hall–Kier alpha value is -1.12. The molecule has 0 saturated carbocycles. The summed E-state index contributed by atoms with van der Waals surface area (Å²) in [6.45, 7) is 3.73. The van der Waals surface area contributed by atoms with Gasteiger partial charge < -0.3 is 5.11 Å². The highest BCUT2D eigenvalue weighted by Gasteiger charge is 2.15. The Kier molecular flexibility index (Phi) is 2.89. The van der Waals surface area contributed by atoms with Crippen molar-refractivity contribution in [1.82, 2.24) is 4.90 Å². The third-order valence-electron chi connectivity index (χ3n) is 2.75. The summed E-state index contributed by atoms with van der Waals surface area (Å²) in [5.41, 5.74) is 3.70. The fraction of sp³-hybridized carbons (Fsp3) is 0.385. The number of nitrogens with zero attached hydrogens (tertiary/aromatic N) is 1. The number of likely N-dealkylation sites (N-methyl/N-ethyl adjacent to an activating group) is 1. The van der Waals surface area contributed by atoms with E-state index in [1.807, 2.05) is 13.1 Å². The maximum Gasteiger partial charge on any atom is 0.0854 e. The van der Waals surface area contributed by atoms with Gasteiger partial charge in [0.2, 0.25) is 0 Å². The minimum Gasteiger partial charge on any atom is -0.388 e. The minimum atomic E-state index is -0.333. The monoisotopic (exact) mass is 203 g/mol. The van der Waals surface area contributed by atoms with Crippen molar-refractivity contribution in [3.8, 4) is 0 Å². The number of aryl methyl sites for hydroxylation is 1. The average Bonchev–Trinajstić information content (AvgIpc) is 2.17. The summed E-state index contributed by atoms with van der Waals surface area (Å²) in [7, 11) is 2.03. The highest BCUT2D eigenvalue weighted by Crippen LogP contribution is 2.20. The van der Waals surface area contributed by atoms with Gasteiger partial charge in [-0.1, -0.05) is 29.8 Å². The van der Waals surface area contributed by atoms with Crippen molar-refractivity contribution in [1.29, 1.82) is 0 Å². The molecule has 0 radical (unpaired) electrons. The third-order valence-corrected chi connectivity index (χ3v) is 2.75. The fourth-order valence-electron chi connectivity index (χ4n) is 1.97. The first-order valence-corrected chi connectivity index (χ1v) is 5.29. The first-order chi connectivity index (χ1) is 7.15. The van der Waals surface area contributed by atoms with Gasteiger partial charge in [-0.15, -0.1) is 0 Å². The van der Waals surface area contributed by atoms with Crippen LogP contribution in [0.4, 0.5) is 0 Å². The average molecular weight is 203 g/mol. The fourth-order valence-corrected chi connectivity index (χ4v) is 1.97. The number of aliphatic hydroxyl groups excluding tert-OH is 1. The van der Waals surface area contributed by atoms with Gasteiger partial charge in [-0.25, -0.2) is 0 Å². The lowest BCUT2D eigenvalue weighted by Gasteiger charge is -2.26. The summed E-state index contributed by atoms with van der Waals surface area (Å²) in [4.78, 5) is 2.14. The summed E-state index contributed by atoms with van der Waals surface area (Å²) >= 11 is 0. The lowest BCUT2D eigenvalue weighted by atomic mass is 9.99. The minimum absolute atomic E-state index is 0.333. The van der Waals surface area contributed by atoms with Crippen LogP contribution in [0, 0.1) is 6.92 Å². The molecule has 2 rings (SSSR count). The van der Waals surface area contributed by atoms with E-state index in [9.17, 15) is 5.11 Å². The van der Waals surface area contributed by atoms with E-state index in [0.29, 0.717) is 0 Å². The maximum atomic E-state index is 9.65. The summed E-state index contributed by atoms with van der Waals surface area (Å²) in [5, 5.41) is 9.65. The van der Waals surface area contributed by atoms with Crippen LogP contribution in [0.5, 0.6) is 0 Å². The van der Waals surface area contributed by atoms with Crippen molar-refractivity contribution in [3.05, 3.63) is 41.5 Å². The molecule has 15 heavy (non-hydrogen) atoms. The molecule has 0 aromatic heterocycles. The number of hydrogen-bond acceptors (Lipinski definition) is 2. The van der Waals surface area contributed by atoms with E-state index < -0.39 is 0 Å². The second-order valence-corrected chi connectivity index (χ2v) is 4.32. The van der Waals surface area contributed by atoms with Gasteiger partial charge in [0, 0.05) is 13.1 Å². The van der Waals surface area contributed by atoms with Gasteiger partial charge in [0.15, 0.2) is 0 Å². The van der Waals surface area contributed by atoms with Gasteiger partial charge in [0.25, 0.3) is 0 Å². The topological polar surface area (TPSA) is 23.5 Å². The van der Waals surface area contributed by atoms with Gasteiger partial charge >= 0.3 is 0 Å². The molecule has 0 spiro atoms. The van der Waals surface area contributed by atoms with E-state index in [1.165, 1.54) is 16.7 Å². The molecule has 2 nitrogen and oxygen atoms in total. The summed E-state index contributed by atoms with van der Waals surface area (Å²) < 4.78 is 0. The highest BCUT2D eigenvalue weighted by atomic mass is 16.3. The summed E-state index contributed by atoms with van der Waals surface area (Å²) in [6.07, 6.45) is 1.63. The molecule has 0 aliphatic carbocycles. The van der Waals surface area contributed by atoms with Crippen LogP contribution < -0.4 is 0 Å². The van der Waals surface area contributed by atoms with Crippen molar-refractivity contribution >= 4 is 5.57 Å². The van der Waals surface area contributed by atoms with Crippen molar-refractivity contribution in [3.63, 3.8) is 0 Å². The number of β-amino-alcohol motifs (C(OH)–C–C–N with tert-alkyl or cyclic N) is 1. The van der Waals surface area contributed by atoms with Gasteiger partial charge in [-0.2, -0.15) is 0 Å². The van der Waals surface area contributed by atoms with Crippen molar-refractivity contribution in [2.45, 2.75) is 13.0 Å². The smallest absolute Gasteiger partial charge is 0.0854 e. The molecule has 0 saturated heterocycles. The van der Waals surface area contributed by atoms with Crippen LogP contribution >= 0.6 is 0 Å². The number of aliphatic hydroxyl groups is 1. The SMILES string of the molecule is Cc1ccc(C2=CC(O)CN(C)C2)cc1. The predicted octanol–water partition coefficient (Wildman–Crippen LogP) is 1.68. The standard InChI is InChI=1S/C13H17NO/c1-10-3-5-11(6-4-10)12-7-13(15)9-14(2)8-12/h3-7,13,15H,8-9H2,1-2H3. The molecular weight excluding hydrogens is 186 g/mol. The molecule has 80 valence electrons. The Morgan fingerprint density at radius 3 is 2.53 bits per heavy atom. The van der Waals surface area contributed by atoms with Crippen LogP contribution in [0.2, 0.25) is 0 Å². The van der Waals surface area contributed by atoms with Gasteiger partial charge in [0.1, 0.15) is 0 Å². The third kappa shape index (κ3) is 2.46. The summed E-state index contributed by atoms with van der Waals surface area (Å²) in [5.74, 6) is 0. The Bertz CT molecular complexity index is 367. The van der Waals surface area contributed by atoms with Gasteiger partial charge in [-0.05, 0) is 31.2 Å². The zero-order valence-electron chi connectivity index (χ0n) is 9.27. The quantitative estimate of drug-likeness (QED) is 0.750. The van der Waals surface area contributed by atoms with Crippen molar-refractivity contribution < 1.29 is 5.11 Å². The van der Waals surface area contributed by atoms with Crippen molar-refractivity contribution in [2.75, 3.05) is 20.1 Å². The van der Waals surface area contributed by atoms with Crippen LogP contribution in [0.15, 0.2) is 30.3 Å². The zero-order valence-corrected chi connectivity index (χ0v) is 9.27. The van der Waals surface area contributed by atoms with Crippen LogP contribution in [0.1, 0.15) is 11.1 Å². The van der Waals surface area contributed by atoms with E-state index in [-0.39, 0.29) is 6.10 Å². The molecule has 0 amide bonds. The molecule has 0 bridgehead atoms. The molecule has 1 unspecified atom stereocenters. The van der Waals surface area contributed by atoms with Gasteiger partial charge in [0.05, 0.1) is 6.10 Å². The zero-order chi connectivity index (χ0) is 10.8. The Balaban J connectivity index is 2.26. The number of rotatable bonds is 1. The molecule has 1 heterocycles. The predicted molar refractivity (Wildman–Crippen MR) is 62.7 cm³/mol. The van der Waals surface area contributed by atoms with Crippen LogP contribution in [0.3, 0.4) is 0 Å². The Morgan fingerprint density at radius 2 is 1.93 bits per heavy atom. The molecule has 1 aromatic carbocycles.